The Balaban J connectivity index is 1.99. The highest BCUT2D eigenvalue weighted by Crippen LogP contribution is 2.24. The molecule has 0 atom stereocenters. The van der Waals surface area contributed by atoms with E-state index in [2.05, 4.69) is 4.72 Å². The Bertz CT molecular complexity index is 509. The lowest BCUT2D eigenvalue weighted by molar-refractivity contribution is 0.0236. The van der Waals surface area contributed by atoms with Crippen LogP contribution in [0.25, 0.3) is 0 Å². The summed E-state index contributed by atoms with van der Waals surface area (Å²) in [6.45, 7) is 0. The normalized spacial score (nSPS) is 23.1. The van der Waals surface area contributed by atoms with E-state index in [1.54, 1.807) is 31.4 Å². The zero-order valence-corrected chi connectivity index (χ0v) is 12.4. The second-order valence-corrected chi connectivity index (χ2v) is 6.82. The maximum absolute atomic E-state index is 12.1. The van der Waals surface area contributed by atoms with E-state index >= 15 is 0 Å². The van der Waals surface area contributed by atoms with Gasteiger partial charge < -0.3 is 4.74 Å². The first kappa shape index (κ1) is 14.8. The van der Waals surface area contributed by atoms with Gasteiger partial charge in [0.15, 0.2) is 0 Å². The molecule has 1 aliphatic carbocycles. The van der Waals surface area contributed by atoms with Crippen molar-refractivity contribution < 1.29 is 13.2 Å². The van der Waals surface area contributed by atoms with Crippen LogP contribution in [0, 0.1) is 0 Å². The van der Waals surface area contributed by atoms with Crippen LogP contribution in [-0.4, -0.2) is 33.6 Å². The Labute approximate surface area is 119 Å². The fourth-order valence-electron chi connectivity index (χ4n) is 2.09. The maximum atomic E-state index is 12.1. The summed E-state index contributed by atoms with van der Waals surface area (Å²) in [5.74, 6) is 0.533. The standard InChI is InChI=1S/C13H18ClNO3S/c1-18-12-8-11(9-12)15-19(16,17)13-4-2-10(3-5-13)6-7-14/h2-5,11-12,15H,6-9H2,1H3. The molecule has 0 saturated heterocycles. The minimum absolute atomic E-state index is 0.0162. The van der Waals surface area contributed by atoms with Gasteiger partial charge in [-0.2, -0.15) is 0 Å². The van der Waals surface area contributed by atoms with Crippen molar-refractivity contribution in [1.82, 2.24) is 4.72 Å². The molecule has 0 aromatic heterocycles. The summed E-state index contributed by atoms with van der Waals surface area (Å²) in [7, 11) is -1.78. The third-order valence-electron chi connectivity index (χ3n) is 3.37. The van der Waals surface area contributed by atoms with E-state index in [1.165, 1.54) is 0 Å². The van der Waals surface area contributed by atoms with Crippen molar-refractivity contribution in [2.75, 3.05) is 13.0 Å². The molecule has 106 valence electrons. The average molecular weight is 304 g/mol. The van der Waals surface area contributed by atoms with E-state index in [0.29, 0.717) is 10.8 Å². The topological polar surface area (TPSA) is 55.4 Å². The molecule has 1 aromatic rings. The first-order valence-corrected chi connectivity index (χ1v) is 8.27. The number of methoxy groups -OCH3 is 1. The third-order valence-corrected chi connectivity index (χ3v) is 5.09. The Morgan fingerprint density at radius 1 is 1.32 bits per heavy atom. The summed E-state index contributed by atoms with van der Waals surface area (Å²) in [4.78, 5) is 0.298. The van der Waals surface area contributed by atoms with Crippen molar-refractivity contribution in [3.05, 3.63) is 29.8 Å². The zero-order valence-electron chi connectivity index (χ0n) is 10.8. The molecule has 6 heteroatoms. The van der Waals surface area contributed by atoms with Crippen LogP contribution in [0.2, 0.25) is 0 Å². The number of rotatable bonds is 6. The Morgan fingerprint density at radius 2 is 1.95 bits per heavy atom. The summed E-state index contributed by atoms with van der Waals surface area (Å²) in [6.07, 6.45) is 2.40. The second kappa shape index (κ2) is 6.22. The molecule has 2 rings (SSSR count). The number of halogens is 1. The number of nitrogens with one attached hydrogen (secondary N) is 1. The SMILES string of the molecule is COC1CC(NS(=O)(=O)c2ccc(CCCl)cc2)C1. The molecule has 0 aliphatic heterocycles. The van der Waals surface area contributed by atoms with Crippen molar-refractivity contribution in [3.8, 4) is 0 Å². The number of hydrogen-bond donors (Lipinski definition) is 1. The van der Waals surface area contributed by atoms with Crippen molar-refractivity contribution in [3.63, 3.8) is 0 Å². The van der Waals surface area contributed by atoms with Crippen molar-refractivity contribution in [1.29, 1.82) is 0 Å². The zero-order chi connectivity index (χ0) is 13.9. The van der Waals surface area contributed by atoms with Crippen LogP contribution in [0.4, 0.5) is 0 Å². The Hall–Kier alpha value is -0.620. The molecule has 1 aliphatic rings. The van der Waals surface area contributed by atoms with Gasteiger partial charge in [-0.05, 0) is 37.0 Å². The molecule has 1 aromatic carbocycles. The highest BCUT2D eigenvalue weighted by atomic mass is 35.5. The molecular weight excluding hydrogens is 286 g/mol. The lowest BCUT2D eigenvalue weighted by Crippen LogP contribution is -2.47. The average Bonchev–Trinajstić information content (AvgIpc) is 2.34. The highest BCUT2D eigenvalue weighted by Gasteiger charge is 2.32. The van der Waals surface area contributed by atoms with Crippen molar-refractivity contribution in [2.24, 2.45) is 0 Å². The summed E-state index contributed by atoms with van der Waals surface area (Å²) < 4.78 is 32.1. The predicted octanol–water partition coefficient (Wildman–Crippen LogP) is 1.92. The van der Waals surface area contributed by atoms with Gasteiger partial charge in [0, 0.05) is 19.0 Å². The molecule has 0 radical (unpaired) electrons. The van der Waals surface area contributed by atoms with Gasteiger partial charge in [0.1, 0.15) is 0 Å². The molecule has 0 amide bonds. The van der Waals surface area contributed by atoms with E-state index in [4.69, 9.17) is 16.3 Å². The number of sulfonamides is 1. The van der Waals surface area contributed by atoms with Crippen LogP contribution >= 0.6 is 11.6 Å². The fourth-order valence-corrected chi connectivity index (χ4v) is 3.57. The lowest BCUT2D eigenvalue weighted by Gasteiger charge is -2.34. The van der Waals surface area contributed by atoms with E-state index in [1.807, 2.05) is 0 Å². The van der Waals surface area contributed by atoms with Gasteiger partial charge in [0.2, 0.25) is 10.0 Å². The number of ether oxygens (including phenoxy) is 1. The van der Waals surface area contributed by atoms with Crippen LogP contribution in [0.5, 0.6) is 0 Å². The molecule has 1 fully saturated rings. The molecule has 0 bridgehead atoms. The molecule has 19 heavy (non-hydrogen) atoms. The first-order valence-electron chi connectivity index (χ1n) is 6.25. The van der Waals surface area contributed by atoms with Crippen LogP contribution in [0.1, 0.15) is 18.4 Å². The third kappa shape index (κ3) is 3.69. The molecular formula is C13H18ClNO3S. The number of alkyl halides is 1. The summed E-state index contributed by atoms with van der Waals surface area (Å²) >= 11 is 5.65. The fraction of sp³-hybridized carbons (Fsp3) is 0.538. The van der Waals surface area contributed by atoms with Gasteiger partial charge in [-0.25, -0.2) is 13.1 Å². The van der Waals surface area contributed by atoms with Gasteiger partial charge in [-0.1, -0.05) is 12.1 Å². The molecule has 0 heterocycles. The lowest BCUT2D eigenvalue weighted by atomic mass is 9.90. The molecule has 1 saturated carbocycles. The van der Waals surface area contributed by atoms with Gasteiger partial charge in [0.25, 0.3) is 0 Å². The van der Waals surface area contributed by atoms with Crippen LogP contribution in [-0.2, 0) is 21.2 Å². The minimum atomic E-state index is -3.42. The first-order chi connectivity index (χ1) is 9.05. The van der Waals surface area contributed by atoms with Crippen molar-refractivity contribution in [2.45, 2.75) is 36.3 Å². The van der Waals surface area contributed by atoms with Gasteiger partial charge in [-0.15, -0.1) is 11.6 Å². The van der Waals surface area contributed by atoms with Gasteiger partial charge >= 0.3 is 0 Å². The quantitative estimate of drug-likeness (QED) is 0.817. The van der Waals surface area contributed by atoms with Crippen LogP contribution in [0.3, 0.4) is 0 Å². The van der Waals surface area contributed by atoms with E-state index in [0.717, 1.165) is 24.8 Å². The number of benzene rings is 1. The summed E-state index contributed by atoms with van der Waals surface area (Å²) in [5.41, 5.74) is 1.04. The van der Waals surface area contributed by atoms with Gasteiger partial charge in [0.05, 0.1) is 11.0 Å². The number of aryl methyl sites for hydroxylation is 1. The Morgan fingerprint density at radius 3 is 2.47 bits per heavy atom. The minimum Gasteiger partial charge on any atom is -0.381 e. The molecule has 0 unspecified atom stereocenters. The molecule has 1 N–H and O–H groups in total. The largest absolute Gasteiger partial charge is 0.381 e. The molecule has 0 spiro atoms. The number of hydrogen-bond acceptors (Lipinski definition) is 3. The Kier molecular flexibility index (Phi) is 4.84. The second-order valence-electron chi connectivity index (χ2n) is 4.73. The van der Waals surface area contributed by atoms with Crippen LogP contribution < -0.4 is 4.72 Å². The maximum Gasteiger partial charge on any atom is 0.240 e. The summed E-state index contributed by atoms with van der Waals surface area (Å²) in [5, 5.41) is 0. The van der Waals surface area contributed by atoms with Gasteiger partial charge in [-0.3, -0.25) is 0 Å². The monoisotopic (exact) mass is 303 g/mol. The molecule has 4 nitrogen and oxygen atoms in total. The highest BCUT2D eigenvalue weighted by molar-refractivity contribution is 7.89. The van der Waals surface area contributed by atoms with E-state index < -0.39 is 10.0 Å². The van der Waals surface area contributed by atoms with Crippen LogP contribution in [0.15, 0.2) is 29.2 Å². The predicted molar refractivity (Wildman–Crippen MR) is 75.0 cm³/mol. The van der Waals surface area contributed by atoms with Crippen molar-refractivity contribution >= 4 is 21.6 Å². The summed E-state index contributed by atoms with van der Waals surface area (Å²) in [6, 6.07) is 6.83. The van der Waals surface area contributed by atoms with E-state index in [-0.39, 0.29) is 12.1 Å². The van der Waals surface area contributed by atoms with E-state index in [9.17, 15) is 8.42 Å². The smallest absolute Gasteiger partial charge is 0.240 e.